The molecule has 0 saturated heterocycles. The van der Waals surface area contributed by atoms with Gasteiger partial charge in [-0.1, -0.05) is 76.2 Å². The summed E-state index contributed by atoms with van der Waals surface area (Å²) in [5, 5.41) is 19.8. The van der Waals surface area contributed by atoms with Crippen LogP contribution in [0, 0.1) is 0 Å². The number of hydrogen-bond acceptors (Lipinski definition) is 3. The first-order chi connectivity index (χ1) is 13.3. The van der Waals surface area contributed by atoms with Crippen LogP contribution in [-0.4, -0.2) is 28.2 Å². The van der Waals surface area contributed by atoms with Crippen molar-refractivity contribution in [2.24, 2.45) is 0 Å². The molecule has 0 aromatic heterocycles. The quantitative estimate of drug-likeness (QED) is 0.148. The summed E-state index contributed by atoms with van der Waals surface area (Å²) >= 11 is 0. The van der Waals surface area contributed by atoms with Crippen molar-refractivity contribution in [3.05, 3.63) is 24.3 Å². The van der Waals surface area contributed by atoms with E-state index in [0.717, 1.165) is 25.7 Å². The Kier molecular flexibility index (Phi) is 18.0. The van der Waals surface area contributed by atoms with Crippen LogP contribution in [0.2, 0.25) is 0 Å². The van der Waals surface area contributed by atoms with Crippen LogP contribution in [0.4, 0.5) is 0 Å². The molecule has 0 amide bonds. The molecule has 0 fully saturated rings. The third-order valence-corrected chi connectivity index (χ3v) is 4.70. The molecule has 0 spiro atoms. The molecule has 0 aliphatic rings. The third-order valence-electron chi connectivity index (χ3n) is 4.70. The maximum absolute atomic E-state index is 9.98. The van der Waals surface area contributed by atoms with Crippen LogP contribution in [0.25, 0.3) is 0 Å². The fourth-order valence-electron chi connectivity index (χ4n) is 3.17. The van der Waals surface area contributed by atoms with Crippen molar-refractivity contribution in [1.82, 2.24) is 0 Å². The van der Waals surface area contributed by atoms with Gasteiger partial charge in [-0.2, -0.15) is 0 Å². The zero-order chi connectivity index (χ0) is 21.1. The van der Waals surface area contributed by atoms with Gasteiger partial charge in [-0.25, -0.2) is 0 Å². The highest BCUT2D eigenvalue weighted by Crippen LogP contribution is 2.16. The van der Waals surface area contributed by atoms with E-state index in [9.17, 15) is 10.2 Å². The second-order valence-corrected chi connectivity index (χ2v) is 8.95. The minimum absolute atomic E-state index is 0.301. The second kappa shape index (κ2) is 18.4. The maximum atomic E-state index is 9.98. The highest BCUT2D eigenvalue weighted by molar-refractivity contribution is 4.92. The van der Waals surface area contributed by atoms with E-state index < -0.39 is 12.4 Å². The molecule has 0 bridgehead atoms. The normalized spacial score (nSPS) is 14.9. The fraction of sp³-hybridized carbons (Fsp3) is 0.840. The predicted octanol–water partition coefficient (Wildman–Crippen LogP) is 7.07. The first-order valence-corrected chi connectivity index (χ1v) is 11.7. The van der Waals surface area contributed by atoms with Crippen molar-refractivity contribution in [3.63, 3.8) is 0 Å². The average molecular weight is 397 g/mol. The van der Waals surface area contributed by atoms with Gasteiger partial charge in [-0.05, 0) is 59.3 Å². The summed E-state index contributed by atoms with van der Waals surface area (Å²) in [4.78, 5) is 0. The van der Waals surface area contributed by atoms with E-state index in [4.69, 9.17) is 4.74 Å². The maximum Gasteiger partial charge on any atom is 0.157 e. The summed E-state index contributed by atoms with van der Waals surface area (Å²) in [6.07, 6.45) is 23.6. The van der Waals surface area contributed by atoms with E-state index >= 15 is 0 Å². The minimum Gasteiger partial charge on any atom is -0.393 e. The van der Waals surface area contributed by atoms with E-state index in [1.165, 1.54) is 57.8 Å². The molecule has 166 valence electrons. The van der Waals surface area contributed by atoms with Crippen LogP contribution >= 0.6 is 0 Å². The molecule has 0 aromatic carbocycles. The van der Waals surface area contributed by atoms with E-state index in [1.807, 2.05) is 20.8 Å². The largest absolute Gasteiger partial charge is 0.393 e. The van der Waals surface area contributed by atoms with Gasteiger partial charge in [-0.3, -0.25) is 0 Å². The van der Waals surface area contributed by atoms with E-state index in [0.29, 0.717) is 6.42 Å². The van der Waals surface area contributed by atoms with Crippen molar-refractivity contribution in [2.45, 2.75) is 136 Å². The summed E-state index contributed by atoms with van der Waals surface area (Å²) in [6.45, 7) is 7.97. The van der Waals surface area contributed by atoms with Crippen LogP contribution in [0.1, 0.15) is 118 Å². The molecule has 3 nitrogen and oxygen atoms in total. The van der Waals surface area contributed by atoms with Crippen molar-refractivity contribution in [1.29, 1.82) is 0 Å². The number of ether oxygens (including phenoxy) is 1. The lowest BCUT2D eigenvalue weighted by Crippen LogP contribution is -2.30. The lowest BCUT2D eigenvalue weighted by molar-refractivity contribution is -0.178. The van der Waals surface area contributed by atoms with Crippen LogP contribution in [0.3, 0.4) is 0 Å². The molecule has 2 atom stereocenters. The Bertz CT molecular complexity index is 382. The molecule has 0 radical (unpaired) electrons. The van der Waals surface area contributed by atoms with E-state index in [1.54, 1.807) is 0 Å². The molecule has 2 unspecified atom stereocenters. The van der Waals surface area contributed by atoms with Gasteiger partial charge >= 0.3 is 0 Å². The van der Waals surface area contributed by atoms with Crippen LogP contribution in [-0.2, 0) is 4.74 Å². The van der Waals surface area contributed by atoms with Gasteiger partial charge in [0, 0.05) is 6.42 Å². The molecular formula is C25H48O3. The number of rotatable bonds is 18. The van der Waals surface area contributed by atoms with Gasteiger partial charge in [0.1, 0.15) is 0 Å². The van der Waals surface area contributed by atoms with Gasteiger partial charge < -0.3 is 14.9 Å². The monoisotopic (exact) mass is 396 g/mol. The first-order valence-electron chi connectivity index (χ1n) is 11.7. The van der Waals surface area contributed by atoms with Crippen molar-refractivity contribution < 1.29 is 14.9 Å². The van der Waals surface area contributed by atoms with Crippen molar-refractivity contribution in [3.8, 4) is 0 Å². The number of hydrogen-bond donors (Lipinski definition) is 2. The van der Waals surface area contributed by atoms with Crippen LogP contribution < -0.4 is 0 Å². The van der Waals surface area contributed by atoms with Crippen LogP contribution in [0.15, 0.2) is 24.3 Å². The first kappa shape index (κ1) is 27.4. The van der Waals surface area contributed by atoms with Crippen molar-refractivity contribution in [2.75, 3.05) is 0 Å². The lowest BCUT2D eigenvalue weighted by Gasteiger charge is -2.25. The number of unbranched alkanes of at least 4 members (excludes halogenated alkanes) is 9. The summed E-state index contributed by atoms with van der Waals surface area (Å²) in [5.41, 5.74) is -0.377. The Morgan fingerprint density at radius 2 is 1.29 bits per heavy atom. The Labute approximate surface area is 175 Å². The Balaban J connectivity index is 3.42. The molecular weight excluding hydrogens is 348 g/mol. The molecule has 0 aliphatic carbocycles. The lowest BCUT2D eigenvalue weighted by atomic mass is 10.0. The third kappa shape index (κ3) is 21.7. The summed E-state index contributed by atoms with van der Waals surface area (Å²) in [7, 11) is 0. The Hall–Kier alpha value is -0.640. The number of allylic oxidation sites excluding steroid dienone is 4. The molecule has 28 heavy (non-hydrogen) atoms. The Morgan fingerprint density at radius 3 is 1.86 bits per heavy atom. The molecule has 2 N–H and O–H groups in total. The van der Waals surface area contributed by atoms with Gasteiger partial charge in [0.05, 0.1) is 11.7 Å². The number of aliphatic hydroxyl groups excluding tert-OH is 2. The average Bonchev–Trinajstić information content (AvgIpc) is 2.59. The van der Waals surface area contributed by atoms with Gasteiger partial charge in [0.25, 0.3) is 0 Å². The zero-order valence-corrected chi connectivity index (χ0v) is 19.2. The minimum atomic E-state index is -0.877. The summed E-state index contributed by atoms with van der Waals surface area (Å²) < 4.78 is 5.43. The number of aliphatic hydroxyl groups is 2. The molecule has 0 saturated carbocycles. The molecule has 3 heteroatoms. The topological polar surface area (TPSA) is 49.7 Å². The molecule has 0 rings (SSSR count). The highest BCUT2D eigenvalue weighted by atomic mass is 16.6. The fourth-order valence-corrected chi connectivity index (χ4v) is 3.17. The second-order valence-electron chi connectivity index (χ2n) is 8.95. The van der Waals surface area contributed by atoms with Crippen LogP contribution in [0.5, 0.6) is 0 Å². The summed E-state index contributed by atoms with van der Waals surface area (Å²) in [5.74, 6) is 0. The predicted molar refractivity (Wildman–Crippen MR) is 121 cm³/mol. The van der Waals surface area contributed by atoms with E-state index in [-0.39, 0.29) is 5.60 Å². The summed E-state index contributed by atoms with van der Waals surface area (Å²) in [6, 6.07) is 0. The van der Waals surface area contributed by atoms with E-state index in [2.05, 4.69) is 31.2 Å². The smallest absolute Gasteiger partial charge is 0.157 e. The van der Waals surface area contributed by atoms with Crippen molar-refractivity contribution >= 4 is 0 Å². The van der Waals surface area contributed by atoms with Gasteiger partial charge in [0.15, 0.2) is 6.29 Å². The van der Waals surface area contributed by atoms with Gasteiger partial charge in [0.2, 0.25) is 0 Å². The standard InChI is InChI=1S/C25H48O3/c1-5-6-7-8-9-10-11-12-13-14-15-16-17-18-19-20-21-23(26)22-24(27)28-25(2,3)4/h10-11,13-14,23-24,26-27H,5-9,12,15-22H2,1-4H3/b11-10-,14-13-. The molecule has 0 aliphatic heterocycles. The molecule has 0 aromatic rings. The highest BCUT2D eigenvalue weighted by Gasteiger charge is 2.19. The van der Waals surface area contributed by atoms with Gasteiger partial charge in [-0.15, -0.1) is 0 Å². The Morgan fingerprint density at radius 1 is 0.750 bits per heavy atom. The SMILES string of the molecule is CCCCCC/C=C\C/C=C\CCCCCCCC(O)CC(O)OC(C)(C)C. The molecule has 0 heterocycles. The zero-order valence-electron chi connectivity index (χ0n) is 19.2.